The second kappa shape index (κ2) is 7.98. The number of aliphatic imine (C=N–C) groups is 1. The molecule has 5 rings (SSSR count). The van der Waals surface area contributed by atoms with Gasteiger partial charge in [0.05, 0.1) is 18.3 Å². The van der Waals surface area contributed by atoms with Gasteiger partial charge in [0, 0.05) is 18.7 Å². The first-order valence-corrected chi connectivity index (χ1v) is 12.8. The van der Waals surface area contributed by atoms with Crippen LogP contribution in [0.25, 0.3) is 0 Å². The standard InChI is InChI=1S/C21H22F2N4O3S2/c22-14-10-15(23)12-17(11-14)27-20(28)25-19(24-16-4-1-2-5-16)21(27)7-8-26(13-21)32(29,30)18-6-3-9-31-18/h3,6,9-12,16H,1-2,4-5,7-8,13H2,(H-,24,25,28,29,30). The molecule has 170 valence electrons. The van der Waals surface area contributed by atoms with Crippen LogP contribution in [0.15, 0.2) is 44.9 Å². The number of hydrogen-bond donors (Lipinski definition) is 1. The zero-order valence-corrected chi connectivity index (χ0v) is 18.8. The van der Waals surface area contributed by atoms with Crippen LogP contribution in [0.2, 0.25) is 0 Å². The van der Waals surface area contributed by atoms with Gasteiger partial charge in [0.1, 0.15) is 23.0 Å². The number of rotatable bonds is 4. The van der Waals surface area contributed by atoms with E-state index in [0.29, 0.717) is 5.84 Å². The molecule has 2 amide bonds. The van der Waals surface area contributed by atoms with Crippen LogP contribution in [0.4, 0.5) is 19.3 Å². The topological polar surface area (TPSA) is 88.1 Å². The van der Waals surface area contributed by atoms with Crippen LogP contribution in [-0.4, -0.2) is 45.4 Å². The van der Waals surface area contributed by atoms with Crippen LogP contribution < -0.4 is 10.2 Å². The Morgan fingerprint density at radius 2 is 1.94 bits per heavy atom. The number of anilines is 1. The number of halogens is 2. The number of amidine groups is 1. The molecule has 2 saturated heterocycles. The van der Waals surface area contributed by atoms with Gasteiger partial charge in [0.25, 0.3) is 0 Å². The van der Waals surface area contributed by atoms with Crippen LogP contribution in [0.3, 0.4) is 0 Å². The summed E-state index contributed by atoms with van der Waals surface area (Å²) in [7, 11) is -3.77. The number of thiophene rings is 1. The van der Waals surface area contributed by atoms with Crippen molar-refractivity contribution in [1.82, 2.24) is 9.62 Å². The van der Waals surface area contributed by atoms with Crippen molar-refractivity contribution in [2.75, 3.05) is 18.0 Å². The first-order valence-electron chi connectivity index (χ1n) is 10.5. The molecular formula is C21H22F2N4O3S2. The highest BCUT2D eigenvalue weighted by Crippen LogP contribution is 2.41. The monoisotopic (exact) mass is 480 g/mol. The van der Waals surface area contributed by atoms with Crippen molar-refractivity contribution in [3.05, 3.63) is 47.3 Å². The molecule has 2 aromatic rings. The number of carbonyl (C=O) groups excluding carboxylic acids is 1. The van der Waals surface area contributed by atoms with Crippen LogP contribution in [0.5, 0.6) is 0 Å². The summed E-state index contributed by atoms with van der Waals surface area (Å²) in [5, 5.41) is 4.47. The Hall–Kier alpha value is -2.21. The maximum atomic E-state index is 14.0. The van der Waals surface area contributed by atoms with Crippen molar-refractivity contribution < 1.29 is 22.3 Å². The summed E-state index contributed by atoms with van der Waals surface area (Å²) in [5.74, 6) is -1.25. The van der Waals surface area contributed by atoms with Crippen LogP contribution in [0, 0.1) is 11.6 Å². The Bertz CT molecular complexity index is 1100. The third-order valence-electron chi connectivity index (χ3n) is 6.34. The first-order chi connectivity index (χ1) is 15.3. The van der Waals surface area contributed by atoms with Crippen LogP contribution in [0.1, 0.15) is 32.1 Å². The Labute approximate surface area is 189 Å². The predicted octanol–water partition coefficient (Wildman–Crippen LogP) is 3.95. The lowest BCUT2D eigenvalue weighted by molar-refractivity contribution is 0.251. The van der Waals surface area contributed by atoms with Gasteiger partial charge in [-0.1, -0.05) is 28.4 Å². The maximum absolute atomic E-state index is 14.0. The minimum Gasteiger partial charge on any atom is -0.592 e. The predicted molar refractivity (Wildman–Crippen MR) is 117 cm³/mol. The normalized spacial score (nSPS) is 27.5. The molecule has 2 atom stereocenters. The molecule has 1 N–H and O–H groups in total. The molecule has 32 heavy (non-hydrogen) atoms. The Morgan fingerprint density at radius 3 is 2.59 bits per heavy atom. The largest absolute Gasteiger partial charge is 0.592 e. The van der Waals surface area contributed by atoms with Crippen molar-refractivity contribution in [2.45, 2.75) is 47.9 Å². The molecule has 2 aliphatic heterocycles. The minimum absolute atomic E-state index is 0.0343. The smallest absolute Gasteiger partial charge is 0.328 e. The van der Waals surface area contributed by atoms with E-state index in [1.807, 2.05) is 0 Å². The van der Waals surface area contributed by atoms with E-state index in [2.05, 4.69) is 5.32 Å². The maximum Gasteiger partial charge on any atom is 0.328 e. The van der Waals surface area contributed by atoms with Gasteiger partial charge in [-0.15, -0.1) is 4.31 Å². The average molecular weight is 481 g/mol. The number of nitrogens with one attached hydrogen (secondary N) is 1. The van der Waals surface area contributed by atoms with E-state index in [4.69, 9.17) is 4.99 Å². The van der Waals surface area contributed by atoms with E-state index >= 15 is 0 Å². The summed E-state index contributed by atoms with van der Waals surface area (Å²) < 4.78 is 55.9. The highest BCUT2D eigenvalue weighted by Gasteiger charge is 2.59. The molecule has 11 heteroatoms. The molecule has 2 unspecified atom stereocenters. The number of benzene rings is 1. The summed E-state index contributed by atoms with van der Waals surface area (Å²) in [4.78, 5) is 19.1. The molecule has 3 fully saturated rings. The van der Waals surface area contributed by atoms with Crippen LogP contribution in [-0.2, 0) is 14.6 Å². The third-order valence-corrected chi connectivity index (χ3v) is 9.56. The van der Waals surface area contributed by atoms with Gasteiger partial charge in [-0.3, -0.25) is 15.2 Å². The van der Waals surface area contributed by atoms with Crippen molar-refractivity contribution in [1.29, 1.82) is 0 Å². The summed E-state index contributed by atoms with van der Waals surface area (Å²) in [6.45, 7) is 0.114. The fourth-order valence-corrected chi connectivity index (χ4v) is 7.49. The fraction of sp³-hybridized carbons (Fsp3) is 0.429. The van der Waals surface area contributed by atoms with Gasteiger partial charge in [0.15, 0.2) is 10.4 Å². The van der Waals surface area contributed by atoms with Gasteiger partial charge in [-0.25, -0.2) is 13.6 Å². The number of carbonyl (C=O) groups is 1. The second-order valence-electron chi connectivity index (χ2n) is 8.36. The molecule has 0 radical (unpaired) electrons. The molecule has 1 saturated carbocycles. The van der Waals surface area contributed by atoms with Crippen LogP contribution >= 0.6 is 11.3 Å². The number of amides is 2. The highest BCUT2D eigenvalue weighted by molar-refractivity contribution is 7.97. The van der Waals surface area contributed by atoms with E-state index in [-0.39, 0.29) is 35.4 Å². The molecule has 3 aliphatic rings. The van der Waals surface area contributed by atoms with Crippen molar-refractivity contribution in [3.8, 4) is 0 Å². The number of nitrogens with zero attached hydrogens (tertiary/aromatic N) is 3. The first kappa shape index (κ1) is 21.6. The summed E-state index contributed by atoms with van der Waals surface area (Å²) in [6, 6.07) is 5.57. The molecule has 7 nitrogen and oxygen atoms in total. The minimum atomic E-state index is -3.77. The lowest BCUT2D eigenvalue weighted by atomic mass is 9.95. The number of hydrogen-bond acceptors (Lipinski definition) is 5. The van der Waals surface area contributed by atoms with E-state index in [0.717, 1.165) is 55.2 Å². The average Bonchev–Trinajstić information content (AvgIpc) is 3.51. The lowest BCUT2D eigenvalue weighted by Gasteiger charge is -2.33. The molecule has 0 bridgehead atoms. The molecule has 1 aromatic carbocycles. The quantitative estimate of drug-likeness (QED) is 0.673. The zero-order chi connectivity index (χ0) is 22.5. The van der Waals surface area contributed by atoms with Gasteiger partial charge >= 0.3 is 6.03 Å². The van der Waals surface area contributed by atoms with Crippen molar-refractivity contribution in [2.24, 2.45) is 4.99 Å². The lowest BCUT2D eigenvalue weighted by Crippen LogP contribution is -2.53. The number of sulfonamides is 1. The van der Waals surface area contributed by atoms with Crippen molar-refractivity contribution >= 4 is 39.3 Å². The zero-order valence-electron chi connectivity index (χ0n) is 17.1. The van der Waals surface area contributed by atoms with E-state index in [1.54, 1.807) is 11.4 Å². The summed E-state index contributed by atoms with van der Waals surface area (Å²) in [6.07, 6.45) is 4.13. The summed E-state index contributed by atoms with van der Waals surface area (Å²) in [5.41, 5.74) is -1.11. The molecule has 1 aromatic heterocycles. The Morgan fingerprint density at radius 1 is 1.22 bits per heavy atom. The Kier molecular flexibility index (Phi) is 5.39. The van der Waals surface area contributed by atoms with Gasteiger partial charge < -0.3 is 4.55 Å². The van der Waals surface area contributed by atoms with Gasteiger partial charge in [-0.2, -0.15) is 0 Å². The fourth-order valence-electron chi connectivity index (χ4n) is 4.85. The van der Waals surface area contributed by atoms with Crippen molar-refractivity contribution in [3.63, 3.8) is 0 Å². The molecule has 3 heterocycles. The summed E-state index contributed by atoms with van der Waals surface area (Å²) >= 11 is 1.12. The SMILES string of the molecule is O=C1NC(=NC2CCCC2)C2(CCN([S+](=O)([O-])c3cccs3)C2)N1c1cc(F)cc(F)c1. The molecular weight excluding hydrogens is 458 g/mol. The van der Waals surface area contributed by atoms with Gasteiger partial charge in [-0.05, 0) is 42.8 Å². The molecule has 1 aliphatic carbocycles. The number of urea groups is 1. The van der Waals surface area contributed by atoms with E-state index in [1.165, 1.54) is 15.3 Å². The van der Waals surface area contributed by atoms with Gasteiger partial charge in [0.2, 0.25) is 4.21 Å². The highest BCUT2D eigenvalue weighted by atomic mass is 32.3. The van der Waals surface area contributed by atoms with E-state index < -0.39 is 33.6 Å². The molecule has 1 spiro atoms. The van der Waals surface area contributed by atoms with E-state index in [9.17, 15) is 22.3 Å². The Balaban J connectivity index is 1.58. The second-order valence-corrected chi connectivity index (χ2v) is 11.5. The third kappa shape index (κ3) is 3.57.